The Hall–Kier alpha value is -2.57. The molecule has 0 saturated carbocycles. The highest BCUT2D eigenvalue weighted by molar-refractivity contribution is 6.07. The summed E-state index contributed by atoms with van der Waals surface area (Å²) in [5.74, 6) is -5.06. The third kappa shape index (κ3) is 2.56. The van der Waals surface area contributed by atoms with Gasteiger partial charge >= 0.3 is 0 Å². The maximum absolute atomic E-state index is 13.5. The number of hydrogen-bond donors (Lipinski definition) is 2. The van der Waals surface area contributed by atoms with E-state index in [-0.39, 0.29) is 5.56 Å². The maximum atomic E-state index is 13.5. The molecular formula is C13H10F3N3O. The van der Waals surface area contributed by atoms with E-state index in [4.69, 9.17) is 0 Å². The minimum atomic E-state index is -1.63. The Morgan fingerprint density at radius 2 is 1.85 bits per heavy atom. The van der Waals surface area contributed by atoms with Crippen LogP contribution in [0.1, 0.15) is 10.4 Å². The van der Waals surface area contributed by atoms with E-state index in [0.29, 0.717) is 5.69 Å². The highest BCUT2D eigenvalue weighted by Gasteiger charge is 2.17. The molecule has 2 rings (SSSR count). The third-order valence-corrected chi connectivity index (χ3v) is 2.62. The van der Waals surface area contributed by atoms with Crippen molar-refractivity contribution in [3.63, 3.8) is 0 Å². The van der Waals surface area contributed by atoms with Crippen molar-refractivity contribution >= 4 is 17.3 Å². The van der Waals surface area contributed by atoms with Gasteiger partial charge in [-0.15, -0.1) is 0 Å². The van der Waals surface area contributed by atoms with Crippen LogP contribution in [0.5, 0.6) is 0 Å². The molecule has 0 bridgehead atoms. The molecule has 0 saturated heterocycles. The number of hydrogen-bond acceptors (Lipinski definition) is 3. The largest absolute Gasteiger partial charge is 0.386 e. The second-order valence-electron chi connectivity index (χ2n) is 3.85. The van der Waals surface area contributed by atoms with Crippen LogP contribution in [-0.2, 0) is 0 Å². The average molecular weight is 281 g/mol. The highest BCUT2D eigenvalue weighted by atomic mass is 19.2. The zero-order valence-electron chi connectivity index (χ0n) is 10.4. The smallest absolute Gasteiger partial charge is 0.257 e. The van der Waals surface area contributed by atoms with Crippen molar-refractivity contribution in [1.82, 2.24) is 4.98 Å². The van der Waals surface area contributed by atoms with Crippen molar-refractivity contribution in [3.05, 3.63) is 53.6 Å². The topological polar surface area (TPSA) is 54.0 Å². The number of amides is 1. The summed E-state index contributed by atoms with van der Waals surface area (Å²) in [5.41, 5.74) is 0.187. The molecule has 7 heteroatoms. The van der Waals surface area contributed by atoms with Gasteiger partial charge in [0.1, 0.15) is 0 Å². The lowest BCUT2D eigenvalue weighted by molar-refractivity contribution is 0.102. The van der Waals surface area contributed by atoms with E-state index in [1.807, 2.05) is 0 Å². The first-order valence-electron chi connectivity index (χ1n) is 5.61. The Morgan fingerprint density at radius 1 is 1.10 bits per heavy atom. The summed E-state index contributed by atoms with van der Waals surface area (Å²) >= 11 is 0. The number of carbonyl (C=O) groups is 1. The van der Waals surface area contributed by atoms with E-state index in [2.05, 4.69) is 15.6 Å². The molecule has 0 aliphatic carbocycles. The van der Waals surface area contributed by atoms with Gasteiger partial charge in [-0.05, 0) is 18.2 Å². The predicted octanol–water partition coefficient (Wildman–Crippen LogP) is 2.79. The molecule has 0 aliphatic rings. The molecule has 2 aromatic rings. The number of nitrogens with zero attached hydrogens (tertiary/aromatic N) is 1. The van der Waals surface area contributed by atoms with Gasteiger partial charge in [0, 0.05) is 13.2 Å². The number of rotatable bonds is 3. The van der Waals surface area contributed by atoms with Crippen LogP contribution >= 0.6 is 0 Å². The Bertz CT molecular complexity index is 661. The molecule has 1 aromatic carbocycles. The van der Waals surface area contributed by atoms with Crippen molar-refractivity contribution in [2.75, 3.05) is 17.7 Å². The summed E-state index contributed by atoms with van der Waals surface area (Å²) in [4.78, 5) is 15.8. The van der Waals surface area contributed by atoms with Gasteiger partial charge in [-0.1, -0.05) is 0 Å². The number of nitrogens with one attached hydrogen (secondary N) is 2. The van der Waals surface area contributed by atoms with Gasteiger partial charge < -0.3 is 10.6 Å². The second kappa shape index (κ2) is 5.60. The molecule has 104 valence electrons. The SMILES string of the molecule is CNc1cnccc1C(=O)Nc1ccc(F)c(F)c1F. The number of benzene rings is 1. The Kier molecular flexibility index (Phi) is 3.88. The molecule has 4 nitrogen and oxygen atoms in total. The van der Waals surface area contributed by atoms with Crippen LogP contribution in [0.4, 0.5) is 24.5 Å². The lowest BCUT2D eigenvalue weighted by atomic mass is 10.2. The number of pyridine rings is 1. The van der Waals surface area contributed by atoms with Crippen molar-refractivity contribution in [3.8, 4) is 0 Å². The lowest BCUT2D eigenvalue weighted by Gasteiger charge is -2.10. The minimum Gasteiger partial charge on any atom is -0.386 e. The molecule has 0 unspecified atom stereocenters. The third-order valence-electron chi connectivity index (χ3n) is 2.62. The number of carbonyl (C=O) groups excluding carboxylic acids is 1. The van der Waals surface area contributed by atoms with Crippen LogP contribution in [-0.4, -0.2) is 17.9 Å². The Balaban J connectivity index is 2.31. The second-order valence-corrected chi connectivity index (χ2v) is 3.85. The van der Waals surface area contributed by atoms with E-state index >= 15 is 0 Å². The summed E-state index contributed by atoms with van der Waals surface area (Å²) in [6.07, 6.45) is 2.80. The fourth-order valence-electron chi connectivity index (χ4n) is 1.60. The molecule has 0 atom stereocenters. The zero-order chi connectivity index (χ0) is 14.7. The lowest BCUT2D eigenvalue weighted by Crippen LogP contribution is -2.15. The fourth-order valence-corrected chi connectivity index (χ4v) is 1.60. The maximum Gasteiger partial charge on any atom is 0.257 e. The predicted molar refractivity (Wildman–Crippen MR) is 68.1 cm³/mol. The molecule has 1 amide bonds. The molecule has 0 aliphatic heterocycles. The molecule has 2 N–H and O–H groups in total. The van der Waals surface area contributed by atoms with Crippen LogP contribution in [0.25, 0.3) is 0 Å². The quantitative estimate of drug-likeness (QED) is 0.851. The van der Waals surface area contributed by atoms with Gasteiger partial charge in [-0.25, -0.2) is 13.2 Å². The summed E-state index contributed by atoms with van der Waals surface area (Å²) in [6.45, 7) is 0. The summed E-state index contributed by atoms with van der Waals surface area (Å²) < 4.78 is 39.3. The molecule has 0 fully saturated rings. The zero-order valence-corrected chi connectivity index (χ0v) is 10.4. The van der Waals surface area contributed by atoms with Crippen LogP contribution in [0, 0.1) is 17.5 Å². The Morgan fingerprint density at radius 3 is 2.55 bits per heavy atom. The molecule has 0 spiro atoms. The van der Waals surface area contributed by atoms with Crippen LogP contribution in [0.15, 0.2) is 30.6 Å². The molecule has 1 aromatic heterocycles. The summed E-state index contributed by atoms with van der Waals surface area (Å²) in [7, 11) is 1.59. The first-order chi connectivity index (χ1) is 9.54. The molecule has 1 heterocycles. The van der Waals surface area contributed by atoms with Gasteiger partial charge in [-0.2, -0.15) is 0 Å². The average Bonchev–Trinajstić information content (AvgIpc) is 2.47. The van der Waals surface area contributed by atoms with Gasteiger partial charge in [0.2, 0.25) is 0 Å². The Labute approximate surface area is 112 Å². The first kappa shape index (κ1) is 13.9. The highest BCUT2D eigenvalue weighted by Crippen LogP contribution is 2.21. The van der Waals surface area contributed by atoms with Crippen molar-refractivity contribution in [1.29, 1.82) is 0 Å². The molecule has 0 radical (unpaired) electrons. The number of aromatic nitrogens is 1. The van der Waals surface area contributed by atoms with E-state index in [1.165, 1.54) is 18.5 Å². The van der Waals surface area contributed by atoms with Gasteiger partial charge in [0.05, 0.1) is 23.1 Å². The normalized spacial score (nSPS) is 10.2. The minimum absolute atomic E-state index is 0.201. The van der Waals surface area contributed by atoms with Crippen LogP contribution < -0.4 is 10.6 Å². The van der Waals surface area contributed by atoms with Gasteiger partial charge in [0.25, 0.3) is 5.91 Å². The van der Waals surface area contributed by atoms with E-state index in [9.17, 15) is 18.0 Å². The van der Waals surface area contributed by atoms with E-state index in [0.717, 1.165) is 12.1 Å². The van der Waals surface area contributed by atoms with E-state index < -0.39 is 29.0 Å². The van der Waals surface area contributed by atoms with Crippen molar-refractivity contribution in [2.45, 2.75) is 0 Å². The fraction of sp³-hybridized carbons (Fsp3) is 0.0769. The van der Waals surface area contributed by atoms with E-state index in [1.54, 1.807) is 7.05 Å². The van der Waals surface area contributed by atoms with Crippen LogP contribution in [0.3, 0.4) is 0 Å². The van der Waals surface area contributed by atoms with Crippen LogP contribution in [0.2, 0.25) is 0 Å². The monoisotopic (exact) mass is 281 g/mol. The van der Waals surface area contributed by atoms with Crippen molar-refractivity contribution in [2.24, 2.45) is 0 Å². The number of anilines is 2. The summed E-state index contributed by atoms with van der Waals surface area (Å²) in [5, 5.41) is 4.93. The standard InChI is InChI=1S/C13H10F3N3O/c1-17-10-6-18-5-4-7(10)13(20)19-9-3-2-8(14)11(15)12(9)16/h2-6,17H,1H3,(H,19,20). The first-order valence-corrected chi connectivity index (χ1v) is 5.61. The summed E-state index contributed by atoms with van der Waals surface area (Å²) in [6, 6.07) is 3.10. The van der Waals surface area contributed by atoms with Crippen molar-refractivity contribution < 1.29 is 18.0 Å². The molecular weight excluding hydrogens is 271 g/mol. The molecule has 20 heavy (non-hydrogen) atoms. The number of halogens is 3. The van der Waals surface area contributed by atoms with Gasteiger partial charge in [0.15, 0.2) is 17.5 Å². The van der Waals surface area contributed by atoms with Gasteiger partial charge in [-0.3, -0.25) is 9.78 Å².